The van der Waals surface area contributed by atoms with E-state index in [1.54, 1.807) is 0 Å². The minimum atomic E-state index is -0.699. The standard InChI is InChI=1S/C10H11ClN4O3/c11-8-7-10(13-3-12-8)15-9(14-7)5-1-4(17)6(2-16)18-5/h3-6,16-17H,1-2H2,(H,12,13,14,15)/t4-,5-,6+/m0/s1. The number of hydrogen-bond acceptors (Lipinski definition) is 6. The Hall–Kier alpha value is -1.28. The van der Waals surface area contributed by atoms with Crippen LogP contribution in [0.3, 0.4) is 0 Å². The van der Waals surface area contributed by atoms with Gasteiger partial charge in [-0.1, -0.05) is 11.6 Å². The van der Waals surface area contributed by atoms with Crippen LogP contribution in [0.1, 0.15) is 18.3 Å². The highest BCUT2D eigenvalue weighted by molar-refractivity contribution is 6.33. The van der Waals surface area contributed by atoms with Gasteiger partial charge in [-0.25, -0.2) is 15.0 Å². The molecule has 1 aliphatic heterocycles. The Balaban J connectivity index is 1.94. The van der Waals surface area contributed by atoms with Gasteiger partial charge in [-0.15, -0.1) is 0 Å². The third kappa shape index (κ3) is 1.85. The number of nitrogens with one attached hydrogen (secondary N) is 1. The number of nitrogens with zero attached hydrogens (tertiary/aromatic N) is 3. The number of imidazole rings is 1. The van der Waals surface area contributed by atoms with Gasteiger partial charge in [0.25, 0.3) is 0 Å². The third-order valence-corrected chi connectivity index (χ3v) is 3.26. The number of aliphatic hydroxyl groups excluding tert-OH is 2. The summed E-state index contributed by atoms with van der Waals surface area (Å²) >= 11 is 5.91. The van der Waals surface area contributed by atoms with Gasteiger partial charge in [0.1, 0.15) is 29.9 Å². The molecule has 1 aliphatic rings. The van der Waals surface area contributed by atoms with Crippen molar-refractivity contribution < 1.29 is 14.9 Å². The van der Waals surface area contributed by atoms with Crippen molar-refractivity contribution in [3.8, 4) is 0 Å². The molecule has 0 amide bonds. The van der Waals surface area contributed by atoms with Gasteiger partial charge in [0.15, 0.2) is 10.8 Å². The summed E-state index contributed by atoms with van der Waals surface area (Å²) in [4.78, 5) is 15.1. The summed E-state index contributed by atoms with van der Waals surface area (Å²) in [5.74, 6) is 0.530. The van der Waals surface area contributed by atoms with Gasteiger partial charge < -0.3 is 19.9 Å². The highest BCUT2D eigenvalue weighted by atomic mass is 35.5. The summed E-state index contributed by atoms with van der Waals surface area (Å²) in [5, 5.41) is 19.0. The predicted molar refractivity (Wildman–Crippen MR) is 62.0 cm³/mol. The molecule has 3 N–H and O–H groups in total. The molecule has 7 nitrogen and oxygen atoms in total. The van der Waals surface area contributed by atoms with Gasteiger partial charge in [0.2, 0.25) is 0 Å². The fourth-order valence-electron chi connectivity index (χ4n) is 2.04. The predicted octanol–water partition coefficient (Wildman–Crippen LogP) is 0.190. The quantitative estimate of drug-likeness (QED) is 0.673. The summed E-state index contributed by atoms with van der Waals surface area (Å²) < 4.78 is 5.49. The lowest BCUT2D eigenvalue weighted by Gasteiger charge is -2.09. The van der Waals surface area contributed by atoms with Crippen LogP contribution in [-0.2, 0) is 4.74 Å². The molecule has 18 heavy (non-hydrogen) atoms. The second kappa shape index (κ2) is 4.43. The van der Waals surface area contributed by atoms with Crippen LogP contribution in [0.5, 0.6) is 0 Å². The van der Waals surface area contributed by atoms with E-state index in [4.69, 9.17) is 21.4 Å². The van der Waals surface area contributed by atoms with E-state index in [-0.39, 0.29) is 11.8 Å². The largest absolute Gasteiger partial charge is 0.394 e. The summed E-state index contributed by atoms with van der Waals surface area (Å²) in [6.45, 7) is -0.224. The molecule has 3 rings (SSSR count). The van der Waals surface area contributed by atoms with Crippen LogP contribution in [0.25, 0.3) is 11.2 Å². The van der Waals surface area contributed by atoms with Gasteiger partial charge in [0, 0.05) is 6.42 Å². The van der Waals surface area contributed by atoms with Crippen LogP contribution in [-0.4, -0.2) is 49.0 Å². The lowest BCUT2D eigenvalue weighted by molar-refractivity contribution is -0.0244. The Labute approximate surface area is 107 Å². The lowest BCUT2D eigenvalue weighted by atomic mass is 10.1. The van der Waals surface area contributed by atoms with E-state index in [0.29, 0.717) is 23.4 Å². The minimum absolute atomic E-state index is 0.224. The molecular weight excluding hydrogens is 260 g/mol. The van der Waals surface area contributed by atoms with Crippen molar-refractivity contribution in [1.82, 2.24) is 19.9 Å². The number of ether oxygens (including phenoxy) is 1. The Morgan fingerprint density at radius 3 is 3.00 bits per heavy atom. The van der Waals surface area contributed by atoms with Gasteiger partial charge in [0.05, 0.1) is 12.7 Å². The third-order valence-electron chi connectivity index (χ3n) is 2.97. The first kappa shape index (κ1) is 11.8. The molecule has 3 heterocycles. The fourth-order valence-corrected chi connectivity index (χ4v) is 2.21. The Morgan fingerprint density at radius 2 is 2.33 bits per heavy atom. The average molecular weight is 271 g/mol. The summed E-state index contributed by atoms with van der Waals surface area (Å²) in [7, 11) is 0. The molecule has 0 aromatic carbocycles. The van der Waals surface area contributed by atoms with Crippen LogP contribution >= 0.6 is 11.6 Å². The SMILES string of the molecule is OC[C@H]1O[C@H](c2nc3ncnc(Cl)c3[nH]2)C[C@@H]1O. The van der Waals surface area contributed by atoms with Crippen LogP contribution in [0.4, 0.5) is 0 Å². The smallest absolute Gasteiger partial charge is 0.182 e. The second-order valence-electron chi connectivity index (χ2n) is 4.13. The van der Waals surface area contributed by atoms with Gasteiger partial charge in [-0.2, -0.15) is 0 Å². The first-order valence-corrected chi connectivity index (χ1v) is 5.87. The zero-order chi connectivity index (χ0) is 12.7. The molecule has 96 valence electrons. The second-order valence-corrected chi connectivity index (χ2v) is 4.49. The van der Waals surface area contributed by atoms with E-state index in [0.717, 1.165) is 0 Å². The van der Waals surface area contributed by atoms with Crippen molar-refractivity contribution in [2.45, 2.75) is 24.7 Å². The lowest BCUT2D eigenvalue weighted by Crippen LogP contribution is -2.24. The number of H-pyrrole nitrogens is 1. The molecule has 1 fully saturated rings. The normalized spacial score (nSPS) is 28.1. The maximum Gasteiger partial charge on any atom is 0.182 e. The zero-order valence-electron chi connectivity index (χ0n) is 9.25. The molecule has 0 aliphatic carbocycles. The summed E-state index contributed by atoms with van der Waals surface area (Å²) in [5.41, 5.74) is 0.996. The molecule has 2 aromatic rings. The van der Waals surface area contributed by atoms with E-state index in [1.807, 2.05) is 0 Å². The van der Waals surface area contributed by atoms with Crippen molar-refractivity contribution in [3.05, 3.63) is 17.3 Å². The highest BCUT2D eigenvalue weighted by Crippen LogP contribution is 2.32. The molecule has 0 saturated carbocycles. The molecule has 0 spiro atoms. The number of halogens is 1. The highest BCUT2D eigenvalue weighted by Gasteiger charge is 2.36. The van der Waals surface area contributed by atoms with E-state index in [2.05, 4.69) is 19.9 Å². The summed E-state index contributed by atoms with van der Waals surface area (Å²) in [6.07, 6.45) is 0.0219. The van der Waals surface area contributed by atoms with Crippen molar-refractivity contribution >= 4 is 22.8 Å². The number of rotatable bonds is 2. The molecular formula is C10H11ClN4O3. The Morgan fingerprint density at radius 1 is 1.50 bits per heavy atom. The van der Waals surface area contributed by atoms with Crippen molar-refractivity contribution in [2.75, 3.05) is 6.61 Å². The topological polar surface area (TPSA) is 104 Å². The average Bonchev–Trinajstić information content (AvgIpc) is 2.93. The van der Waals surface area contributed by atoms with E-state index in [1.165, 1.54) is 6.33 Å². The van der Waals surface area contributed by atoms with Crippen LogP contribution in [0, 0.1) is 0 Å². The molecule has 8 heteroatoms. The molecule has 0 radical (unpaired) electrons. The van der Waals surface area contributed by atoms with Gasteiger partial charge >= 0.3 is 0 Å². The maximum atomic E-state index is 9.67. The minimum Gasteiger partial charge on any atom is -0.394 e. The molecule has 0 bridgehead atoms. The number of hydrogen-bond donors (Lipinski definition) is 3. The molecule has 2 aromatic heterocycles. The van der Waals surface area contributed by atoms with Gasteiger partial charge in [-0.3, -0.25) is 0 Å². The van der Waals surface area contributed by atoms with Crippen molar-refractivity contribution in [2.24, 2.45) is 0 Å². The molecule has 1 saturated heterocycles. The summed E-state index contributed by atoms with van der Waals surface area (Å²) in [6, 6.07) is 0. The van der Waals surface area contributed by atoms with Crippen molar-refractivity contribution in [1.29, 1.82) is 0 Å². The van der Waals surface area contributed by atoms with Gasteiger partial charge in [-0.05, 0) is 0 Å². The maximum absolute atomic E-state index is 9.67. The number of aliphatic hydroxyl groups is 2. The Bertz CT molecular complexity index is 575. The first-order chi connectivity index (χ1) is 8.69. The van der Waals surface area contributed by atoms with E-state index < -0.39 is 18.3 Å². The van der Waals surface area contributed by atoms with E-state index >= 15 is 0 Å². The first-order valence-electron chi connectivity index (χ1n) is 5.49. The number of fused-ring (bicyclic) bond motifs is 1. The monoisotopic (exact) mass is 270 g/mol. The molecule has 3 atom stereocenters. The number of aromatic amines is 1. The van der Waals surface area contributed by atoms with E-state index in [9.17, 15) is 5.11 Å². The van der Waals surface area contributed by atoms with Crippen LogP contribution < -0.4 is 0 Å². The van der Waals surface area contributed by atoms with Crippen LogP contribution in [0.2, 0.25) is 5.15 Å². The Kier molecular flexibility index (Phi) is 2.90. The molecule has 0 unspecified atom stereocenters. The fraction of sp³-hybridized carbons (Fsp3) is 0.500. The van der Waals surface area contributed by atoms with Crippen molar-refractivity contribution in [3.63, 3.8) is 0 Å². The zero-order valence-corrected chi connectivity index (χ0v) is 10.0. The van der Waals surface area contributed by atoms with Crippen LogP contribution in [0.15, 0.2) is 6.33 Å². The number of aromatic nitrogens is 4.